The molecule has 1 unspecified atom stereocenters. The van der Waals surface area contributed by atoms with E-state index < -0.39 is 0 Å². The van der Waals surface area contributed by atoms with Crippen LogP contribution < -0.4 is 0 Å². The second kappa shape index (κ2) is 7.52. The Balaban J connectivity index is 1.53. The molecule has 0 saturated carbocycles. The minimum atomic E-state index is 0.289. The molecule has 0 bridgehead atoms. The standard InChI is InChI=1S/C26H27N/c1-18(2)20-8-10-21(11-9-20)22-12-14-23(15-13-22)25-16-17-26(27-25)24-7-5-4-6-19(24)3/h4-15,18,25H,16-17H2,1-3H3. The van der Waals surface area contributed by atoms with Gasteiger partial charge >= 0.3 is 0 Å². The first-order valence-corrected chi connectivity index (χ1v) is 9.95. The Morgan fingerprint density at radius 2 is 1.44 bits per heavy atom. The van der Waals surface area contributed by atoms with Crippen molar-refractivity contribution in [3.8, 4) is 11.1 Å². The molecule has 136 valence electrons. The molecular weight excluding hydrogens is 326 g/mol. The van der Waals surface area contributed by atoms with E-state index in [2.05, 4.69) is 93.6 Å². The molecule has 0 amide bonds. The Morgan fingerprint density at radius 3 is 2.07 bits per heavy atom. The van der Waals surface area contributed by atoms with Crippen molar-refractivity contribution in [2.75, 3.05) is 0 Å². The van der Waals surface area contributed by atoms with Gasteiger partial charge in [-0.1, -0.05) is 86.6 Å². The van der Waals surface area contributed by atoms with Crippen molar-refractivity contribution in [1.29, 1.82) is 0 Å². The van der Waals surface area contributed by atoms with E-state index in [0.717, 1.165) is 12.8 Å². The van der Waals surface area contributed by atoms with E-state index in [-0.39, 0.29) is 6.04 Å². The molecule has 0 aliphatic carbocycles. The lowest BCUT2D eigenvalue weighted by atomic mass is 9.96. The maximum absolute atomic E-state index is 5.04. The van der Waals surface area contributed by atoms with Crippen molar-refractivity contribution in [3.05, 3.63) is 95.1 Å². The van der Waals surface area contributed by atoms with Gasteiger partial charge in [0.25, 0.3) is 0 Å². The average molecular weight is 354 g/mol. The van der Waals surface area contributed by atoms with Crippen molar-refractivity contribution >= 4 is 5.71 Å². The van der Waals surface area contributed by atoms with Crippen LogP contribution in [0.4, 0.5) is 0 Å². The van der Waals surface area contributed by atoms with Crippen LogP contribution in [0.3, 0.4) is 0 Å². The molecule has 0 fully saturated rings. The smallest absolute Gasteiger partial charge is 0.0756 e. The third-order valence-electron chi connectivity index (χ3n) is 5.63. The molecule has 27 heavy (non-hydrogen) atoms. The number of benzene rings is 3. The molecule has 3 aromatic rings. The average Bonchev–Trinajstić information content (AvgIpc) is 3.18. The minimum absolute atomic E-state index is 0.289. The summed E-state index contributed by atoms with van der Waals surface area (Å²) in [6.07, 6.45) is 2.17. The van der Waals surface area contributed by atoms with Gasteiger partial charge in [-0.25, -0.2) is 0 Å². The van der Waals surface area contributed by atoms with E-state index in [1.165, 1.54) is 39.1 Å². The maximum Gasteiger partial charge on any atom is 0.0756 e. The molecule has 1 aliphatic rings. The quantitative estimate of drug-likeness (QED) is 0.474. The van der Waals surface area contributed by atoms with E-state index >= 15 is 0 Å². The summed E-state index contributed by atoms with van der Waals surface area (Å²) < 4.78 is 0. The molecule has 0 spiro atoms. The second-order valence-corrected chi connectivity index (χ2v) is 7.84. The fraction of sp³-hybridized carbons (Fsp3) is 0.269. The van der Waals surface area contributed by atoms with Crippen LogP contribution in [-0.2, 0) is 0 Å². The molecule has 4 rings (SSSR count). The highest BCUT2D eigenvalue weighted by molar-refractivity contribution is 6.02. The van der Waals surface area contributed by atoms with Gasteiger partial charge in [-0.3, -0.25) is 4.99 Å². The van der Waals surface area contributed by atoms with Crippen LogP contribution in [0.1, 0.15) is 60.9 Å². The summed E-state index contributed by atoms with van der Waals surface area (Å²) >= 11 is 0. The number of aryl methyl sites for hydroxylation is 1. The predicted octanol–water partition coefficient (Wildman–Crippen LogP) is 7.11. The molecule has 1 heteroatoms. The van der Waals surface area contributed by atoms with Gasteiger partial charge in [-0.05, 0) is 59.1 Å². The summed E-state index contributed by atoms with van der Waals surface area (Å²) in [7, 11) is 0. The van der Waals surface area contributed by atoms with Gasteiger partial charge in [-0.2, -0.15) is 0 Å². The van der Waals surface area contributed by atoms with Crippen molar-refractivity contribution < 1.29 is 0 Å². The first-order chi connectivity index (χ1) is 13.1. The molecule has 1 atom stereocenters. The largest absolute Gasteiger partial charge is 0.281 e. The van der Waals surface area contributed by atoms with Crippen LogP contribution in [0.25, 0.3) is 11.1 Å². The van der Waals surface area contributed by atoms with Crippen molar-refractivity contribution in [1.82, 2.24) is 0 Å². The van der Waals surface area contributed by atoms with Crippen molar-refractivity contribution in [2.24, 2.45) is 4.99 Å². The van der Waals surface area contributed by atoms with Crippen LogP contribution in [0.15, 0.2) is 77.8 Å². The second-order valence-electron chi connectivity index (χ2n) is 7.84. The monoisotopic (exact) mass is 353 g/mol. The predicted molar refractivity (Wildman–Crippen MR) is 116 cm³/mol. The lowest BCUT2D eigenvalue weighted by Crippen LogP contribution is -1.98. The lowest BCUT2D eigenvalue weighted by Gasteiger charge is -2.10. The van der Waals surface area contributed by atoms with Crippen LogP contribution in [0.5, 0.6) is 0 Å². The number of rotatable bonds is 4. The zero-order chi connectivity index (χ0) is 18.8. The molecule has 0 saturated heterocycles. The maximum atomic E-state index is 5.04. The fourth-order valence-corrected chi connectivity index (χ4v) is 3.89. The molecule has 1 aliphatic heterocycles. The molecule has 1 nitrogen and oxygen atoms in total. The van der Waals surface area contributed by atoms with E-state index in [9.17, 15) is 0 Å². The van der Waals surface area contributed by atoms with E-state index in [1.807, 2.05) is 0 Å². The van der Waals surface area contributed by atoms with Gasteiger partial charge in [0.2, 0.25) is 0 Å². The van der Waals surface area contributed by atoms with E-state index in [4.69, 9.17) is 4.99 Å². The lowest BCUT2D eigenvalue weighted by molar-refractivity contribution is 0.723. The first kappa shape index (κ1) is 17.7. The van der Waals surface area contributed by atoms with E-state index in [1.54, 1.807) is 0 Å². The minimum Gasteiger partial charge on any atom is -0.281 e. The van der Waals surface area contributed by atoms with Crippen molar-refractivity contribution in [2.45, 2.75) is 45.6 Å². The van der Waals surface area contributed by atoms with Gasteiger partial charge in [0.1, 0.15) is 0 Å². The first-order valence-electron chi connectivity index (χ1n) is 9.95. The van der Waals surface area contributed by atoms with Crippen LogP contribution in [-0.4, -0.2) is 5.71 Å². The zero-order valence-electron chi connectivity index (χ0n) is 16.4. The Bertz CT molecular complexity index is 946. The SMILES string of the molecule is Cc1ccccc1C1=NC(c2ccc(-c3ccc(C(C)C)cc3)cc2)CC1. The summed E-state index contributed by atoms with van der Waals surface area (Å²) in [6.45, 7) is 6.64. The number of hydrogen-bond acceptors (Lipinski definition) is 1. The van der Waals surface area contributed by atoms with Crippen LogP contribution in [0.2, 0.25) is 0 Å². The van der Waals surface area contributed by atoms with E-state index in [0.29, 0.717) is 5.92 Å². The molecule has 0 N–H and O–H groups in total. The zero-order valence-corrected chi connectivity index (χ0v) is 16.4. The van der Waals surface area contributed by atoms with Gasteiger partial charge < -0.3 is 0 Å². The number of nitrogens with zero attached hydrogens (tertiary/aromatic N) is 1. The molecular formula is C26H27N. The Morgan fingerprint density at radius 1 is 0.815 bits per heavy atom. The van der Waals surface area contributed by atoms with Gasteiger partial charge in [0.05, 0.1) is 6.04 Å². The Hall–Kier alpha value is -2.67. The molecule has 0 aromatic heterocycles. The van der Waals surface area contributed by atoms with Crippen LogP contribution >= 0.6 is 0 Å². The summed E-state index contributed by atoms with van der Waals surface area (Å²) in [4.78, 5) is 5.04. The topological polar surface area (TPSA) is 12.4 Å². The van der Waals surface area contributed by atoms with Gasteiger partial charge in [0.15, 0.2) is 0 Å². The Kier molecular flexibility index (Phi) is 4.94. The molecule has 1 heterocycles. The molecule has 3 aromatic carbocycles. The van der Waals surface area contributed by atoms with Gasteiger partial charge in [-0.15, -0.1) is 0 Å². The summed E-state index contributed by atoms with van der Waals surface area (Å²) in [5.41, 5.74) is 9.14. The Labute approximate surface area is 162 Å². The third kappa shape index (κ3) is 3.73. The van der Waals surface area contributed by atoms with Gasteiger partial charge in [0, 0.05) is 5.71 Å². The number of hydrogen-bond donors (Lipinski definition) is 0. The normalized spacial score (nSPS) is 16.6. The highest BCUT2D eigenvalue weighted by Crippen LogP contribution is 2.33. The third-order valence-corrected chi connectivity index (χ3v) is 5.63. The van der Waals surface area contributed by atoms with Crippen molar-refractivity contribution in [3.63, 3.8) is 0 Å². The summed E-state index contributed by atoms with van der Waals surface area (Å²) in [6, 6.07) is 26.8. The summed E-state index contributed by atoms with van der Waals surface area (Å²) in [5, 5.41) is 0. The highest BCUT2D eigenvalue weighted by atomic mass is 14.8. The fourth-order valence-electron chi connectivity index (χ4n) is 3.89. The van der Waals surface area contributed by atoms with Crippen LogP contribution in [0, 0.1) is 6.92 Å². The molecule has 0 radical (unpaired) electrons. The highest BCUT2D eigenvalue weighted by Gasteiger charge is 2.21. The summed E-state index contributed by atoms with van der Waals surface area (Å²) in [5.74, 6) is 0.573. The number of aliphatic imine (C=N–C) groups is 1.